The van der Waals surface area contributed by atoms with Gasteiger partial charge in [-0.3, -0.25) is 0 Å². The summed E-state index contributed by atoms with van der Waals surface area (Å²) in [6.07, 6.45) is 1.96. The van der Waals surface area contributed by atoms with Gasteiger partial charge in [0.05, 0.1) is 0 Å². The van der Waals surface area contributed by atoms with E-state index >= 15 is 0 Å². The molecule has 1 aliphatic heterocycles. The summed E-state index contributed by atoms with van der Waals surface area (Å²) in [4.78, 5) is 15.1. The van der Waals surface area contributed by atoms with Gasteiger partial charge in [-0.25, -0.2) is 0 Å². The van der Waals surface area contributed by atoms with Gasteiger partial charge in [0.25, 0.3) is 0 Å². The molecule has 7 nitrogen and oxygen atoms in total. The molecule has 2 heterocycles. The Labute approximate surface area is 101 Å². The predicted octanol–water partition coefficient (Wildman–Crippen LogP) is -0.117. The quantitative estimate of drug-likeness (QED) is 0.675. The van der Waals surface area contributed by atoms with Crippen molar-refractivity contribution in [3.63, 3.8) is 0 Å². The van der Waals surface area contributed by atoms with Crippen molar-refractivity contribution in [3.05, 3.63) is 0 Å². The first-order valence-electron chi connectivity index (χ1n) is 5.85. The Bertz CT molecular complexity index is 351. The Kier molecular flexibility index (Phi) is 3.58. The van der Waals surface area contributed by atoms with Crippen LogP contribution in [0.2, 0.25) is 0 Å². The fraction of sp³-hybridized carbons (Fsp3) is 0.700. The number of hydrogen-bond acceptors (Lipinski definition) is 7. The van der Waals surface area contributed by atoms with E-state index in [1.807, 2.05) is 0 Å². The highest BCUT2D eigenvalue weighted by atomic mass is 15.3. The summed E-state index contributed by atoms with van der Waals surface area (Å²) in [6, 6.07) is 0.306. The highest BCUT2D eigenvalue weighted by molar-refractivity contribution is 5.43. The predicted molar refractivity (Wildman–Crippen MR) is 68.3 cm³/mol. The molecule has 0 aliphatic carbocycles. The minimum absolute atomic E-state index is 0.306. The van der Waals surface area contributed by atoms with E-state index in [-0.39, 0.29) is 0 Å². The van der Waals surface area contributed by atoms with Crippen LogP contribution in [0.15, 0.2) is 0 Å². The third kappa shape index (κ3) is 2.73. The van der Waals surface area contributed by atoms with E-state index in [1.165, 1.54) is 0 Å². The fourth-order valence-electron chi connectivity index (χ4n) is 1.83. The first-order chi connectivity index (χ1) is 8.22. The number of nitrogens with one attached hydrogen (secondary N) is 2. The van der Waals surface area contributed by atoms with E-state index in [9.17, 15) is 0 Å². The summed E-state index contributed by atoms with van der Waals surface area (Å²) in [5, 5.41) is 5.87. The standard InChI is InChI=1S/C10H19N7/c1-12-8-14-9(13-2)16-10(15-8)17-5-3-7(11)4-6-17/h7H,3-6,11H2,1-2H3,(H2,12,13,14,15,16). The average molecular weight is 237 g/mol. The molecule has 4 N–H and O–H groups in total. The van der Waals surface area contributed by atoms with Crippen molar-refractivity contribution in [1.82, 2.24) is 15.0 Å². The Morgan fingerprint density at radius 3 is 2.06 bits per heavy atom. The monoisotopic (exact) mass is 237 g/mol. The topological polar surface area (TPSA) is 92.0 Å². The largest absolute Gasteiger partial charge is 0.357 e. The van der Waals surface area contributed by atoms with Crippen molar-refractivity contribution < 1.29 is 0 Å². The molecule has 1 aliphatic rings. The van der Waals surface area contributed by atoms with Crippen LogP contribution < -0.4 is 21.3 Å². The molecular formula is C10H19N7. The lowest BCUT2D eigenvalue weighted by atomic mass is 10.1. The molecule has 94 valence electrons. The minimum atomic E-state index is 0.306. The third-order valence-corrected chi connectivity index (χ3v) is 2.89. The van der Waals surface area contributed by atoms with Crippen molar-refractivity contribution in [2.75, 3.05) is 42.7 Å². The molecule has 0 aromatic carbocycles. The number of nitrogens with two attached hydrogens (primary N) is 1. The zero-order valence-electron chi connectivity index (χ0n) is 10.3. The summed E-state index contributed by atoms with van der Waals surface area (Å²) < 4.78 is 0. The van der Waals surface area contributed by atoms with Gasteiger partial charge in [-0.2, -0.15) is 15.0 Å². The molecule has 1 saturated heterocycles. The van der Waals surface area contributed by atoms with Gasteiger partial charge in [-0.05, 0) is 12.8 Å². The second-order valence-electron chi connectivity index (χ2n) is 4.11. The van der Waals surface area contributed by atoms with Gasteiger partial charge < -0.3 is 21.3 Å². The van der Waals surface area contributed by atoms with Crippen LogP contribution >= 0.6 is 0 Å². The number of hydrogen-bond donors (Lipinski definition) is 3. The summed E-state index contributed by atoms with van der Waals surface area (Å²) in [5.74, 6) is 1.86. The summed E-state index contributed by atoms with van der Waals surface area (Å²) in [7, 11) is 3.59. The lowest BCUT2D eigenvalue weighted by Crippen LogP contribution is -2.40. The molecule has 0 spiro atoms. The summed E-state index contributed by atoms with van der Waals surface area (Å²) in [6.45, 7) is 1.80. The van der Waals surface area contributed by atoms with Crippen molar-refractivity contribution >= 4 is 17.8 Å². The zero-order chi connectivity index (χ0) is 12.3. The molecule has 0 radical (unpaired) electrons. The maximum Gasteiger partial charge on any atom is 0.231 e. The second-order valence-corrected chi connectivity index (χ2v) is 4.11. The molecule has 0 amide bonds. The molecule has 7 heteroatoms. The Morgan fingerprint density at radius 1 is 1.06 bits per heavy atom. The van der Waals surface area contributed by atoms with Crippen LogP contribution in [0.4, 0.5) is 17.8 Å². The molecule has 0 saturated carbocycles. The molecule has 17 heavy (non-hydrogen) atoms. The number of piperidine rings is 1. The van der Waals surface area contributed by atoms with E-state index in [2.05, 4.69) is 30.5 Å². The Hall–Kier alpha value is -1.63. The second kappa shape index (κ2) is 5.13. The Morgan fingerprint density at radius 2 is 1.59 bits per heavy atom. The van der Waals surface area contributed by atoms with Crippen molar-refractivity contribution in [2.24, 2.45) is 5.73 Å². The number of aromatic nitrogens is 3. The van der Waals surface area contributed by atoms with Crippen LogP contribution in [0.3, 0.4) is 0 Å². The van der Waals surface area contributed by atoms with E-state index in [4.69, 9.17) is 5.73 Å². The van der Waals surface area contributed by atoms with Gasteiger partial charge in [-0.1, -0.05) is 0 Å². The maximum atomic E-state index is 5.88. The van der Waals surface area contributed by atoms with Crippen LogP contribution in [-0.4, -0.2) is 48.2 Å². The van der Waals surface area contributed by atoms with Crippen LogP contribution in [0, 0.1) is 0 Å². The third-order valence-electron chi connectivity index (χ3n) is 2.89. The van der Waals surface area contributed by atoms with Crippen molar-refractivity contribution in [2.45, 2.75) is 18.9 Å². The number of nitrogens with zero attached hydrogens (tertiary/aromatic N) is 4. The Balaban J connectivity index is 2.19. The zero-order valence-corrected chi connectivity index (χ0v) is 10.3. The van der Waals surface area contributed by atoms with Gasteiger partial charge in [0, 0.05) is 33.2 Å². The maximum absolute atomic E-state index is 5.88. The van der Waals surface area contributed by atoms with Crippen LogP contribution in [-0.2, 0) is 0 Å². The average Bonchev–Trinajstić information content (AvgIpc) is 2.39. The SMILES string of the molecule is CNc1nc(NC)nc(N2CCC(N)CC2)n1. The molecule has 0 bridgehead atoms. The van der Waals surface area contributed by atoms with Gasteiger partial charge in [0.1, 0.15) is 0 Å². The van der Waals surface area contributed by atoms with Crippen LogP contribution in [0.25, 0.3) is 0 Å². The molecule has 1 aromatic rings. The first kappa shape index (κ1) is 11.8. The molecule has 2 rings (SSSR count). The van der Waals surface area contributed by atoms with Gasteiger partial charge >= 0.3 is 0 Å². The van der Waals surface area contributed by atoms with E-state index in [0.717, 1.165) is 25.9 Å². The normalized spacial score (nSPS) is 17.0. The van der Waals surface area contributed by atoms with Crippen molar-refractivity contribution in [3.8, 4) is 0 Å². The highest BCUT2D eigenvalue weighted by Crippen LogP contribution is 2.17. The van der Waals surface area contributed by atoms with Gasteiger partial charge in [0.2, 0.25) is 17.8 Å². The minimum Gasteiger partial charge on any atom is -0.357 e. The summed E-state index contributed by atoms with van der Waals surface area (Å²) in [5.41, 5.74) is 5.88. The van der Waals surface area contributed by atoms with Gasteiger partial charge in [-0.15, -0.1) is 0 Å². The molecular weight excluding hydrogens is 218 g/mol. The first-order valence-corrected chi connectivity index (χ1v) is 5.85. The molecule has 0 unspecified atom stereocenters. The van der Waals surface area contributed by atoms with E-state index < -0.39 is 0 Å². The van der Waals surface area contributed by atoms with Crippen molar-refractivity contribution in [1.29, 1.82) is 0 Å². The molecule has 1 fully saturated rings. The van der Waals surface area contributed by atoms with E-state index in [0.29, 0.717) is 23.9 Å². The smallest absolute Gasteiger partial charge is 0.231 e. The van der Waals surface area contributed by atoms with Gasteiger partial charge in [0.15, 0.2) is 0 Å². The summed E-state index contributed by atoms with van der Waals surface area (Å²) >= 11 is 0. The van der Waals surface area contributed by atoms with E-state index in [1.54, 1.807) is 14.1 Å². The lowest BCUT2D eigenvalue weighted by molar-refractivity contribution is 0.495. The highest BCUT2D eigenvalue weighted by Gasteiger charge is 2.19. The fourth-order valence-corrected chi connectivity index (χ4v) is 1.83. The molecule has 1 aromatic heterocycles. The number of anilines is 3. The number of rotatable bonds is 3. The molecule has 0 atom stereocenters. The lowest BCUT2D eigenvalue weighted by Gasteiger charge is -2.30. The van der Waals surface area contributed by atoms with Crippen LogP contribution in [0.5, 0.6) is 0 Å². The van der Waals surface area contributed by atoms with Crippen LogP contribution in [0.1, 0.15) is 12.8 Å².